The Labute approximate surface area is 126 Å². The van der Waals surface area contributed by atoms with Crippen molar-refractivity contribution in [2.45, 2.75) is 38.8 Å². The molecule has 5 N–H and O–H groups in total. The van der Waals surface area contributed by atoms with Gasteiger partial charge >= 0.3 is 0 Å². The minimum absolute atomic E-state index is 0.127. The highest BCUT2D eigenvalue weighted by molar-refractivity contribution is 5.87. The summed E-state index contributed by atoms with van der Waals surface area (Å²) in [6.07, 6.45) is 0.865. The normalized spacial score (nSPS) is 19.2. The molecule has 122 valence electrons. The molecular formula is C14H28N4O3. The summed E-state index contributed by atoms with van der Waals surface area (Å²) in [5.74, 6) is -0.352. The third kappa shape index (κ3) is 6.88. The first-order valence-electron chi connectivity index (χ1n) is 7.53. The van der Waals surface area contributed by atoms with Gasteiger partial charge in [-0.3, -0.25) is 14.5 Å². The Morgan fingerprint density at radius 2 is 1.90 bits per heavy atom. The zero-order valence-electron chi connectivity index (χ0n) is 13.0. The molecule has 7 heteroatoms. The molecule has 1 saturated heterocycles. The molecule has 0 bridgehead atoms. The fourth-order valence-corrected chi connectivity index (χ4v) is 2.51. The van der Waals surface area contributed by atoms with E-state index in [9.17, 15) is 9.59 Å². The molecule has 1 aliphatic heterocycles. The Hall–Kier alpha value is -1.18. The van der Waals surface area contributed by atoms with E-state index in [1.54, 1.807) is 0 Å². The lowest BCUT2D eigenvalue weighted by Gasteiger charge is -2.35. The Kier molecular flexibility index (Phi) is 7.63. The number of nitrogens with zero attached hydrogens (tertiary/aromatic N) is 1. The van der Waals surface area contributed by atoms with Gasteiger partial charge in [-0.2, -0.15) is 0 Å². The molecule has 0 aromatic rings. The first-order chi connectivity index (χ1) is 9.90. The van der Waals surface area contributed by atoms with E-state index in [-0.39, 0.29) is 18.4 Å². The zero-order valence-corrected chi connectivity index (χ0v) is 13.0. The average Bonchev–Trinajstić information content (AvgIpc) is 2.42. The van der Waals surface area contributed by atoms with Gasteiger partial charge in [-0.1, -0.05) is 13.8 Å². The minimum Gasteiger partial charge on any atom is -0.379 e. The van der Waals surface area contributed by atoms with Gasteiger partial charge in [-0.25, -0.2) is 0 Å². The van der Waals surface area contributed by atoms with Crippen LogP contribution in [0.25, 0.3) is 0 Å². The predicted molar refractivity (Wildman–Crippen MR) is 80.4 cm³/mol. The molecule has 21 heavy (non-hydrogen) atoms. The van der Waals surface area contributed by atoms with Crippen LogP contribution in [0.3, 0.4) is 0 Å². The number of morpholine rings is 1. The Morgan fingerprint density at radius 3 is 2.43 bits per heavy atom. The van der Waals surface area contributed by atoms with Crippen molar-refractivity contribution in [3.05, 3.63) is 0 Å². The molecule has 2 atom stereocenters. The van der Waals surface area contributed by atoms with Crippen LogP contribution in [-0.2, 0) is 14.3 Å². The summed E-state index contributed by atoms with van der Waals surface area (Å²) in [4.78, 5) is 25.0. The number of carbonyl (C=O) groups is 2. The molecule has 0 radical (unpaired) electrons. The summed E-state index contributed by atoms with van der Waals surface area (Å²) < 4.78 is 5.36. The molecule has 0 aliphatic carbocycles. The third-order valence-electron chi connectivity index (χ3n) is 3.58. The molecule has 7 nitrogen and oxygen atoms in total. The van der Waals surface area contributed by atoms with E-state index in [1.165, 1.54) is 0 Å². The van der Waals surface area contributed by atoms with E-state index >= 15 is 0 Å². The van der Waals surface area contributed by atoms with Crippen LogP contribution >= 0.6 is 0 Å². The molecule has 1 aliphatic rings. The highest BCUT2D eigenvalue weighted by Gasteiger charge is 2.23. The molecule has 1 rings (SSSR count). The number of amides is 2. The van der Waals surface area contributed by atoms with Gasteiger partial charge < -0.3 is 21.5 Å². The van der Waals surface area contributed by atoms with Gasteiger partial charge in [0.05, 0.1) is 25.7 Å². The topological polar surface area (TPSA) is 111 Å². The van der Waals surface area contributed by atoms with E-state index < -0.39 is 11.9 Å². The monoisotopic (exact) mass is 300 g/mol. The molecule has 0 aromatic carbocycles. The zero-order chi connectivity index (χ0) is 15.8. The van der Waals surface area contributed by atoms with E-state index in [2.05, 4.69) is 24.1 Å². The maximum absolute atomic E-state index is 11.9. The van der Waals surface area contributed by atoms with Crippen molar-refractivity contribution in [2.75, 3.05) is 32.8 Å². The van der Waals surface area contributed by atoms with Crippen molar-refractivity contribution in [2.24, 2.45) is 17.4 Å². The maximum Gasteiger partial charge on any atom is 0.237 e. The van der Waals surface area contributed by atoms with Crippen molar-refractivity contribution in [3.63, 3.8) is 0 Å². The lowest BCUT2D eigenvalue weighted by Crippen LogP contribution is -2.51. The van der Waals surface area contributed by atoms with Crippen LogP contribution in [0, 0.1) is 5.92 Å². The SMILES string of the molecule is CC(C)CC(CNC(=O)C(N)CC(N)=O)N1CCOCC1. The molecule has 1 fully saturated rings. The van der Waals surface area contributed by atoms with Crippen LogP contribution in [0.15, 0.2) is 0 Å². The third-order valence-corrected chi connectivity index (χ3v) is 3.58. The molecule has 0 saturated carbocycles. The second-order valence-electron chi connectivity index (χ2n) is 5.95. The standard InChI is InChI=1S/C14H28N4O3/c1-10(2)7-11(18-3-5-21-6-4-18)9-17-14(20)12(15)8-13(16)19/h10-12H,3-9,15H2,1-2H3,(H2,16,19)(H,17,20). The molecule has 1 heterocycles. The molecule has 0 spiro atoms. The van der Waals surface area contributed by atoms with Crippen molar-refractivity contribution >= 4 is 11.8 Å². The predicted octanol–water partition coefficient (Wildman–Crippen LogP) is -0.948. The Balaban J connectivity index is 2.48. The fourth-order valence-electron chi connectivity index (χ4n) is 2.51. The number of rotatable bonds is 8. The molecular weight excluding hydrogens is 272 g/mol. The lowest BCUT2D eigenvalue weighted by molar-refractivity contribution is -0.126. The smallest absolute Gasteiger partial charge is 0.237 e. The first-order valence-corrected chi connectivity index (χ1v) is 7.53. The van der Waals surface area contributed by atoms with Crippen LogP contribution in [0.5, 0.6) is 0 Å². The second-order valence-corrected chi connectivity index (χ2v) is 5.95. The first kappa shape index (κ1) is 17.9. The van der Waals surface area contributed by atoms with Crippen LogP contribution in [0.1, 0.15) is 26.7 Å². The highest BCUT2D eigenvalue weighted by Crippen LogP contribution is 2.13. The van der Waals surface area contributed by atoms with Crippen molar-refractivity contribution < 1.29 is 14.3 Å². The minimum atomic E-state index is -0.869. The summed E-state index contributed by atoms with van der Waals surface area (Å²) in [7, 11) is 0. The number of hydrogen-bond acceptors (Lipinski definition) is 5. The van der Waals surface area contributed by atoms with Crippen LogP contribution in [0.2, 0.25) is 0 Å². The van der Waals surface area contributed by atoms with Gasteiger partial charge in [0.2, 0.25) is 11.8 Å². The number of ether oxygens (including phenoxy) is 1. The van der Waals surface area contributed by atoms with Gasteiger partial charge in [-0.05, 0) is 12.3 Å². The maximum atomic E-state index is 11.9. The quantitative estimate of drug-likeness (QED) is 0.535. The summed E-state index contributed by atoms with van der Waals surface area (Å²) in [6, 6.07) is -0.606. The van der Waals surface area contributed by atoms with Crippen LogP contribution in [-0.4, -0.2) is 61.6 Å². The van der Waals surface area contributed by atoms with Crippen LogP contribution in [0.4, 0.5) is 0 Å². The number of nitrogens with two attached hydrogens (primary N) is 2. The van der Waals surface area contributed by atoms with E-state index in [1.807, 2.05) is 0 Å². The van der Waals surface area contributed by atoms with E-state index in [0.717, 1.165) is 32.7 Å². The summed E-state index contributed by atoms with van der Waals surface area (Å²) >= 11 is 0. The second kappa shape index (κ2) is 8.96. The van der Waals surface area contributed by atoms with E-state index in [0.29, 0.717) is 12.5 Å². The Bertz CT molecular complexity index is 343. The average molecular weight is 300 g/mol. The van der Waals surface area contributed by atoms with Gasteiger partial charge in [0.25, 0.3) is 0 Å². The number of carbonyl (C=O) groups excluding carboxylic acids is 2. The van der Waals surface area contributed by atoms with Crippen molar-refractivity contribution in [1.82, 2.24) is 10.2 Å². The van der Waals surface area contributed by atoms with Gasteiger partial charge in [0.1, 0.15) is 0 Å². The largest absolute Gasteiger partial charge is 0.379 e. The highest BCUT2D eigenvalue weighted by atomic mass is 16.5. The Morgan fingerprint density at radius 1 is 1.29 bits per heavy atom. The number of hydrogen-bond donors (Lipinski definition) is 3. The van der Waals surface area contributed by atoms with Gasteiger partial charge in [0.15, 0.2) is 0 Å². The summed E-state index contributed by atoms with van der Waals surface area (Å²) in [5.41, 5.74) is 10.7. The van der Waals surface area contributed by atoms with Crippen molar-refractivity contribution in [3.8, 4) is 0 Å². The number of primary amides is 1. The van der Waals surface area contributed by atoms with Gasteiger partial charge in [0, 0.05) is 25.7 Å². The molecule has 2 unspecified atom stereocenters. The van der Waals surface area contributed by atoms with Gasteiger partial charge in [-0.15, -0.1) is 0 Å². The lowest BCUT2D eigenvalue weighted by atomic mass is 10.0. The summed E-state index contributed by atoms with van der Waals surface area (Å²) in [5, 5.41) is 2.84. The molecule has 0 aromatic heterocycles. The van der Waals surface area contributed by atoms with Crippen LogP contribution < -0.4 is 16.8 Å². The fraction of sp³-hybridized carbons (Fsp3) is 0.857. The number of nitrogens with one attached hydrogen (secondary N) is 1. The molecule has 2 amide bonds. The summed E-state index contributed by atoms with van der Waals surface area (Å²) in [6.45, 7) is 8.06. The van der Waals surface area contributed by atoms with E-state index in [4.69, 9.17) is 16.2 Å². The van der Waals surface area contributed by atoms with Crippen molar-refractivity contribution in [1.29, 1.82) is 0 Å².